The number of phenolic OH excluding ortho intramolecular Hbond substituents is 1. The SMILES string of the molecule is COc1cc(C(C)N2C[C@@H]3CCCN[C@@H]3C2)ccc1O. The predicted octanol–water partition coefficient (Wildman–Crippen LogP) is 2.15. The van der Waals surface area contributed by atoms with Crippen molar-refractivity contribution in [1.82, 2.24) is 10.2 Å². The third-order valence-electron chi connectivity index (χ3n) is 4.86. The van der Waals surface area contributed by atoms with E-state index < -0.39 is 0 Å². The Morgan fingerprint density at radius 2 is 2.25 bits per heavy atom. The van der Waals surface area contributed by atoms with Crippen molar-refractivity contribution in [2.75, 3.05) is 26.7 Å². The maximum Gasteiger partial charge on any atom is 0.160 e. The largest absolute Gasteiger partial charge is 0.504 e. The minimum atomic E-state index is 0.209. The molecule has 2 N–H and O–H groups in total. The highest BCUT2D eigenvalue weighted by atomic mass is 16.5. The summed E-state index contributed by atoms with van der Waals surface area (Å²) in [6.07, 6.45) is 2.65. The molecule has 110 valence electrons. The molecule has 0 aliphatic carbocycles. The molecule has 3 rings (SSSR count). The number of ether oxygens (including phenoxy) is 1. The highest BCUT2D eigenvalue weighted by molar-refractivity contribution is 5.42. The highest BCUT2D eigenvalue weighted by Crippen LogP contribution is 2.34. The molecule has 2 aliphatic heterocycles. The Hall–Kier alpha value is -1.26. The van der Waals surface area contributed by atoms with E-state index in [1.165, 1.54) is 24.9 Å². The van der Waals surface area contributed by atoms with Crippen LogP contribution >= 0.6 is 0 Å². The number of fused-ring (bicyclic) bond motifs is 1. The number of nitrogens with zero attached hydrogens (tertiary/aromatic N) is 1. The standard InChI is InChI=1S/C16H24N2O2/c1-11(12-5-6-15(19)16(8-12)20-2)18-9-13-4-3-7-17-14(13)10-18/h5-6,8,11,13-14,17,19H,3-4,7,9-10H2,1-2H3/t11?,13-,14+/m0/s1. The Morgan fingerprint density at radius 1 is 1.40 bits per heavy atom. The Balaban J connectivity index is 1.74. The van der Waals surface area contributed by atoms with Crippen LogP contribution in [-0.4, -0.2) is 42.8 Å². The van der Waals surface area contributed by atoms with Gasteiger partial charge in [-0.25, -0.2) is 0 Å². The van der Waals surface area contributed by atoms with E-state index in [0.717, 1.165) is 19.0 Å². The fraction of sp³-hybridized carbons (Fsp3) is 0.625. The molecular formula is C16H24N2O2. The first-order valence-corrected chi connectivity index (χ1v) is 7.53. The van der Waals surface area contributed by atoms with Gasteiger partial charge in [-0.3, -0.25) is 4.90 Å². The molecule has 0 bridgehead atoms. The maximum absolute atomic E-state index is 9.70. The molecule has 2 fully saturated rings. The molecule has 4 heteroatoms. The Labute approximate surface area is 120 Å². The fourth-order valence-electron chi connectivity index (χ4n) is 3.56. The second kappa shape index (κ2) is 5.62. The normalized spacial score (nSPS) is 28.1. The summed E-state index contributed by atoms with van der Waals surface area (Å²) < 4.78 is 5.21. The van der Waals surface area contributed by atoms with E-state index in [-0.39, 0.29) is 5.75 Å². The van der Waals surface area contributed by atoms with Crippen LogP contribution in [0.25, 0.3) is 0 Å². The summed E-state index contributed by atoms with van der Waals surface area (Å²) in [5, 5.41) is 13.3. The Morgan fingerprint density at radius 3 is 3.00 bits per heavy atom. The number of methoxy groups -OCH3 is 1. The zero-order chi connectivity index (χ0) is 14.1. The van der Waals surface area contributed by atoms with E-state index in [4.69, 9.17) is 4.74 Å². The molecule has 1 aromatic rings. The van der Waals surface area contributed by atoms with Gasteiger partial charge in [0.25, 0.3) is 0 Å². The second-order valence-corrected chi connectivity index (χ2v) is 6.02. The van der Waals surface area contributed by atoms with Crippen molar-refractivity contribution in [3.8, 4) is 11.5 Å². The molecule has 0 spiro atoms. The third-order valence-corrected chi connectivity index (χ3v) is 4.86. The molecule has 1 aromatic carbocycles. The third kappa shape index (κ3) is 2.50. The summed E-state index contributed by atoms with van der Waals surface area (Å²) >= 11 is 0. The van der Waals surface area contributed by atoms with Crippen LogP contribution in [0.1, 0.15) is 31.4 Å². The maximum atomic E-state index is 9.70. The lowest BCUT2D eigenvalue weighted by atomic mass is 9.94. The smallest absolute Gasteiger partial charge is 0.160 e. The number of likely N-dealkylation sites (tertiary alicyclic amines) is 1. The molecule has 1 unspecified atom stereocenters. The topological polar surface area (TPSA) is 44.7 Å². The van der Waals surface area contributed by atoms with Gasteiger partial charge in [-0.2, -0.15) is 0 Å². The summed E-state index contributed by atoms with van der Waals surface area (Å²) in [6, 6.07) is 6.70. The van der Waals surface area contributed by atoms with Gasteiger partial charge < -0.3 is 15.2 Å². The molecule has 2 saturated heterocycles. The lowest BCUT2D eigenvalue weighted by Gasteiger charge is -2.25. The van der Waals surface area contributed by atoms with Gasteiger partial charge in [-0.15, -0.1) is 0 Å². The highest BCUT2D eigenvalue weighted by Gasteiger charge is 2.36. The van der Waals surface area contributed by atoms with Gasteiger partial charge >= 0.3 is 0 Å². The number of hydrogen-bond donors (Lipinski definition) is 2. The summed E-state index contributed by atoms with van der Waals surface area (Å²) in [5.74, 6) is 1.56. The molecule has 0 saturated carbocycles. The minimum absolute atomic E-state index is 0.209. The van der Waals surface area contributed by atoms with Gasteiger partial charge in [-0.05, 0) is 49.9 Å². The van der Waals surface area contributed by atoms with E-state index in [1.807, 2.05) is 12.1 Å². The first-order chi connectivity index (χ1) is 9.69. The van der Waals surface area contributed by atoms with Crippen molar-refractivity contribution < 1.29 is 9.84 Å². The number of aromatic hydroxyl groups is 1. The van der Waals surface area contributed by atoms with Gasteiger partial charge in [0.1, 0.15) is 0 Å². The average Bonchev–Trinajstić information content (AvgIpc) is 2.91. The van der Waals surface area contributed by atoms with Crippen LogP contribution in [0.3, 0.4) is 0 Å². The predicted molar refractivity (Wildman–Crippen MR) is 79.2 cm³/mol. The van der Waals surface area contributed by atoms with Gasteiger partial charge in [0, 0.05) is 25.2 Å². The van der Waals surface area contributed by atoms with E-state index >= 15 is 0 Å². The summed E-state index contributed by atoms with van der Waals surface area (Å²) in [7, 11) is 1.60. The molecule has 3 atom stereocenters. The van der Waals surface area contributed by atoms with E-state index in [0.29, 0.717) is 17.8 Å². The molecule has 0 aromatic heterocycles. The van der Waals surface area contributed by atoms with Crippen molar-refractivity contribution in [3.63, 3.8) is 0 Å². The summed E-state index contributed by atoms with van der Waals surface area (Å²) in [6.45, 7) is 5.69. The van der Waals surface area contributed by atoms with Crippen molar-refractivity contribution >= 4 is 0 Å². The first-order valence-electron chi connectivity index (χ1n) is 7.53. The number of benzene rings is 1. The van der Waals surface area contributed by atoms with Gasteiger partial charge in [0.15, 0.2) is 11.5 Å². The van der Waals surface area contributed by atoms with Crippen LogP contribution < -0.4 is 10.1 Å². The molecule has 0 radical (unpaired) electrons. The van der Waals surface area contributed by atoms with Crippen LogP contribution in [0.5, 0.6) is 11.5 Å². The van der Waals surface area contributed by atoms with Crippen LogP contribution in [0.4, 0.5) is 0 Å². The van der Waals surface area contributed by atoms with Gasteiger partial charge in [0.2, 0.25) is 0 Å². The Kier molecular flexibility index (Phi) is 3.85. The Bertz CT molecular complexity index is 464. The second-order valence-electron chi connectivity index (χ2n) is 6.02. The van der Waals surface area contributed by atoms with Crippen molar-refractivity contribution in [2.45, 2.75) is 31.8 Å². The summed E-state index contributed by atoms with van der Waals surface area (Å²) in [4.78, 5) is 2.54. The monoisotopic (exact) mass is 276 g/mol. The zero-order valence-corrected chi connectivity index (χ0v) is 12.3. The number of phenols is 1. The van der Waals surface area contributed by atoms with E-state index in [9.17, 15) is 5.11 Å². The van der Waals surface area contributed by atoms with Crippen molar-refractivity contribution in [2.24, 2.45) is 5.92 Å². The number of hydrogen-bond acceptors (Lipinski definition) is 4. The average molecular weight is 276 g/mol. The molecule has 2 aliphatic rings. The van der Waals surface area contributed by atoms with Crippen LogP contribution in [0.2, 0.25) is 0 Å². The minimum Gasteiger partial charge on any atom is -0.504 e. The first kappa shape index (κ1) is 13.7. The van der Waals surface area contributed by atoms with Crippen molar-refractivity contribution in [3.05, 3.63) is 23.8 Å². The zero-order valence-electron chi connectivity index (χ0n) is 12.3. The number of piperidine rings is 1. The van der Waals surface area contributed by atoms with E-state index in [2.05, 4.69) is 17.1 Å². The lowest BCUT2D eigenvalue weighted by molar-refractivity contribution is 0.250. The quantitative estimate of drug-likeness (QED) is 0.888. The molecule has 0 amide bonds. The molecule has 4 nitrogen and oxygen atoms in total. The van der Waals surface area contributed by atoms with E-state index in [1.54, 1.807) is 13.2 Å². The number of rotatable bonds is 3. The molecule has 20 heavy (non-hydrogen) atoms. The van der Waals surface area contributed by atoms with Gasteiger partial charge in [0.05, 0.1) is 7.11 Å². The molecular weight excluding hydrogens is 252 g/mol. The molecule has 2 heterocycles. The summed E-state index contributed by atoms with van der Waals surface area (Å²) in [5.41, 5.74) is 1.21. The lowest BCUT2D eigenvalue weighted by Crippen LogP contribution is -2.40. The van der Waals surface area contributed by atoms with Crippen LogP contribution in [-0.2, 0) is 0 Å². The fourth-order valence-corrected chi connectivity index (χ4v) is 3.56. The van der Waals surface area contributed by atoms with Crippen molar-refractivity contribution in [1.29, 1.82) is 0 Å². The van der Waals surface area contributed by atoms with Crippen LogP contribution in [0.15, 0.2) is 18.2 Å². The van der Waals surface area contributed by atoms with Gasteiger partial charge in [-0.1, -0.05) is 6.07 Å². The van der Waals surface area contributed by atoms with Crippen LogP contribution in [0, 0.1) is 5.92 Å². The number of nitrogens with one attached hydrogen (secondary N) is 1.